The zero-order chi connectivity index (χ0) is 12.4. The Hall–Kier alpha value is -0.831. The quantitative estimate of drug-likeness (QED) is 0.426. The Morgan fingerprint density at radius 1 is 0.722 bits per heavy atom. The number of benzene rings is 2. The molecule has 0 fully saturated rings. The van der Waals surface area contributed by atoms with Crippen LogP contribution in [0.15, 0.2) is 65.6 Å². The van der Waals surface area contributed by atoms with Crippen LogP contribution in [0.1, 0.15) is 0 Å². The molecule has 0 spiro atoms. The molecule has 0 bridgehead atoms. The van der Waals surface area contributed by atoms with Crippen LogP contribution in [-0.4, -0.2) is 14.5 Å². The summed E-state index contributed by atoms with van der Waals surface area (Å²) in [5, 5.41) is 0. The van der Waals surface area contributed by atoms with Crippen molar-refractivity contribution in [2.24, 2.45) is 0 Å². The third kappa shape index (κ3) is 2.33. The topological polar surface area (TPSA) is 0 Å². The summed E-state index contributed by atoms with van der Waals surface area (Å²) in [5.41, 5.74) is 4.09. The molecule has 3 rings (SSSR count). The first-order valence-corrected chi connectivity index (χ1v) is 8.66. The average molecular weight is 409 g/mol. The van der Waals surface area contributed by atoms with Crippen LogP contribution in [0.2, 0.25) is 0 Å². The standard InChI is InChI=1S/C16H11ISe/c17-15-14(12-7-3-1-4-8-12)11-18-16(15)13-9-5-2-6-10-13/h1-11H. The molecule has 1 aromatic heterocycles. The van der Waals surface area contributed by atoms with Crippen molar-refractivity contribution in [3.8, 4) is 21.1 Å². The van der Waals surface area contributed by atoms with Gasteiger partial charge in [-0.15, -0.1) is 0 Å². The van der Waals surface area contributed by atoms with Crippen LogP contribution in [0.5, 0.6) is 0 Å². The zero-order valence-electron chi connectivity index (χ0n) is 9.64. The molecule has 1 heterocycles. The maximum atomic E-state index is 2.49. The molecule has 0 unspecified atom stereocenters. The minimum absolute atomic E-state index is 0.447. The van der Waals surface area contributed by atoms with Gasteiger partial charge < -0.3 is 0 Å². The summed E-state index contributed by atoms with van der Waals surface area (Å²) >= 11 is 2.94. The van der Waals surface area contributed by atoms with Gasteiger partial charge in [0.1, 0.15) is 0 Å². The van der Waals surface area contributed by atoms with E-state index in [-0.39, 0.29) is 0 Å². The predicted molar refractivity (Wildman–Crippen MR) is 87.0 cm³/mol. The fraction of sp³-hybridized carbons (Fsp3) is 0. The second kappa shape index (κ2) is 5.43. The Balaban J connectivity index is 2.09. The van der Waals surface area contributed by atoms with Crippen LogP contribution in [0.3, 0.4) is 0 Å². The van der Waals surface area contributed by atoms with E-state index < -0.39 is 0 Å². The number of halogens is 1. The summed E-state index contributed by atoms with van der Waals surface area (Å²) in [5.74, 6) is 0. The summed E-state index contributed by atoms with van der Waals surface area (Å²) in [6, 6.07) is 21.4. The molecular weight excluding hydrogens is 398 g/mol. The average Bonchev–Trinajstić information content (AvgIpc) is 2.83. The molecule has 18 heavy (non-hydrogen) atoms. The van der Waals surface area contributed by atoms with Gasteiger partial charge >= 0.3 is 127 Å². The van der Waals surface area contributed by atoms with E-state index in [1.165, 1.54) is 24.7 Å². The minimum atomic E-state index is 0.447. The van der Waals surface area contributed by atoms with Crippen LogP contribution in [0, 0.1) is 3.57 Å². The maximum absolute atomic E-state index is 2.49. The monoisotopic (exact) mass is 410 g/mol. The fourth-order valence-corrected chi connectivity index (χ4v) is 5.90. The summed E-state index contributed by atoms with van der Waals surface area (Å²) in [7, 11) is 0. The van der Waals surface area contributed by atoms with Gasteiger partial charge in [-0.25, -0.2) is 0 Å². The molecule has 2 heteroatoms. The third-order valence-corrected chi connectivity index (χ3v) is 6.95. The van der Waals surface area contributed by atoms with Gasteiger partial charge in [-0.3, -0.25) is 0 Å². The fourth-order valence-electron chi connectivity index (χ4n) is 1.94. The van der Waals surface area contributed by atoms with Crippen molar-refractivity contribution in [2.45, 2.75) is 0 Å². The van der Waals surface area contributed by atoms with E-state index in [1.54, 1.807) is 0 Å². The molecule has 88 valence electrons. The van der Waals surface area contributed by atoms with E-state index >= 15 is 0 Å². The van der Waals surface area contributed by atoms with Crippen LogP contribution < -0.4 is 0 Å². The number of hydrogen-bond acceptors (Lipinski definition) is 0. The number of hydrogen-bond donors (Lipinski definition) is 0. The van der Waals surface area contributed by atoms with E-state index in [9.17, 15) is 0 Å². The van der Waals surface area contributed by atoms with Gasteiger partial charge in [-0.1, -0.05) is 0 Å². The first kappa shape index (κ1) is 12.2. The Kier molecular flexibility index (Phi) is 3.69. The van der Waals surface area contributed by atoms with Gasteiger partial charge in [0.15, 0.2) is 0 Å². The molecule has 2 aromatic carbocycles. The third-order valence-electron chi connectivity index (χ3n) is 2.85. The van der Waals surface area contributed by atoms with E-state index in [4.69, 9.17) is 0 Å². The predicted octanol–water partition coefficient (Wildman–Crippen LogP) is 4.68. The summed E-state index contributed by atoms with van der Waals surface area (Å²) in [6.07, 6.45) is 0. The first-order chi connectivity index (χ1) is 8.86. The van der Waals surface area contributed by atoms with Crippen LogP contribution in [0.25, 0.3) is 21.1 Å². The first-order valence-electron chi connectivity index (χ1n) is 5.74. The molecule has 0 aliphatic rings. The molecular formula is C16H11ISe. The van der Waals surface area contributed by atoms with E-state index in [1.807, 2.05) is 0 Å². The van der Waals surface area contributed by atoms with Crippen molar-refractivity contribution < 1.29 is 0 Å². The molecule has 0 radical (unpaired) electrons. The molecule has 0 amide bonds. The van der Waals surface area contributed by atoms with Crippen molar-refractivity contribution in [3.05, 3.63) is 69.2 Å². The molecule has 0 saturated carbocycles. The molecule has 0 atom stereocenters. The van der Waals surface area contributed by atoms with Gasteiger partial charge in [-0.2, -0.15) is 0 Å². The van der Waals surface area contributed by atoms with Crippen LogP contribution in [-0.2, 0) is 0 Å². The van der Waals surface area contributed by atoms with Crippen molar-refractivity contribution in [1.82, 2.24) is 0 Å². The van der Waals surface area contributed by atoms with Crippen molar-refractivity contribution in [3.63, 3.8) is 0 Å². The van der Waals surface area contributed by atoms with E-state index in [0.29, 0.717) is 14.5 Å². The Labute approximate surface area is 127 Å². The van der Waals surface area contributed by atoms with Crippen molar-refractivity contribution in [2.75, 3.05) is 0 Å². The van der Waals surface area contributed by atoms with Crippen LogP contribution in [0.4, 0.5) is 0 Å². The normalized spacial score (nSPS) is 10.5. The Morgan fingerprint density at radius 3 is 1.89 bits per heavy atom. The molecule has 0 aliphatic carbocycles. The van der Waals surface area contributed by atoms with Gasteiger partial charge in [0.2, 0.25) is 0 Å². The Morgan fingerprint density at radius 2 is 1.28 bits per heavy atom. The molecule has 0 aliphatic heterocycles. The number of rotatable bonds is 2. The second-order valence-electron chi connectivity index (χ2n) is 4.02. The molecule has 0 saturated heterocycles. The van der Waals surface area contributed by atoms with Gasteiger partial charge in [0.25, 0.3) is 0 Å². The molecule has 3 aromatic rings. The zero-order valence-corrected chi connectivity index (χ0v) is 13.5. The van der Waals surface area contributed by atoms with E-state index in [2.05, 4.69) is 88.2 Å². The van der Waals surface area contributed by atoms with Gasteiger partial charge in [-0.05, 0) is 0 Å². The van der Waals surface area contributed by atoms with Gasteiger partial charge in [0.05, 0.1) is 0 Å². The second-order valence-corrected chi connectivity index (χ2v) is 6.95. The Bertz CT molecular complexity index is 584. The molecule has 0 nitrogen and oxygen atoms in total. The summed E-state index contributed by atoms with van der Waals surface area (Å²) < 4.78 is 2.91. The van der Waals surface area contributed by atoms with Gasteiger partial charge in [0, 0.05) is 0 Å². The van der Waals surface area contributed by atoms with E-state index in [0.717, 1.165) is 0 Å². The van der Waals surface area contributed by atoms with Crippen molar-refractivity contribution >= 4 is 37.1 Å². The van der Waals surface area contributed by atoms with Crippen molar-refractivity contribution in [1.29, 1.82) is 0 Å². The van der Waals surface area contributed by atoms with Crippen LogP contribution >= 0.6 is 22.6 Å². The summed E-state index contributed by atoms with van der Waals surface area (Å²) in [4.78, 5) is 2.40. The molecule has 0 N–H and O–H groups in total. The SMILES string of the molecule is Ic1c(-c2ccccc2)c[se]c1-c1ccccc1. The summed E-state index contributed by atoms with van der Waals surface area (Å²) in [6.45, 7) is 0.